The molecule has 136 valence electrons. The Hall–Kier alpha value is -3.49. The number of nitrogens with zero attached hydrogens (tertiary/aromatic N) is 1. The summed E-state index contributed by atoms with van der Waals surface area (Å²) >= 11 is 0. The number of hydrogen-bond donors (Lipinski definition) is 1. The van der Waals surface area contributed by atoms with Crippen LogP contribution in [0.15, 0.2) is 42.5 Å². The van der Waals surface area contributed by atoms with Crippen molar-refractivity contribution in [3.63, 3.8) is 0 Å². The third kappa shape index (κ3) is 4.53. The molecule has 0 aliphatic rings. The first kappa shape index (κ1) is 18.8. The molecule has 1 unspecified atom stereocenters. The largest absolute Gasteiger partial charge is 0.497 e. The number of ether oxygens (including phenoxy) is 2. The molecule has 8 nitrogen and oxygen atoms in total. The van der Waals surface area contributed by atoms with Crippen LogP contribution in [0.4, 0.5) is 15.8 Å². The first-order valence-corrected chi connectivity index (χ1v) is 7.41. The van der Waals surface area contributed by atoms with Crippen molar-refractivity contribution < 1.29 is 28.4 Å². The number of benzene rings is 2. The second-order valence-corrected chi connectivity index (χ2v) is 5.19. The van der Waals surface area contributed by atoms with Gasteiger partial charge in [0.1, 0.15) is 11.6 Å². The molecule has 1 amide bonds. The predicted octanol–water partition coefficient (Wildman–Crippen LogP) is 2.93. The van der Waals surface area contributed by atoms with Crippen LogP contribution in [-0.4, -0.2) is 30.0 Å². The van der Waals surface area contributed by atoms with Crippen LogP contribution < -0.4 is 10.1 Å². The lowest BCUT2D eigenvalue weighted by atomic mass is 10.2. The number of carbonyl (C=O) groups excluding carboxylic acids is 2. The molecule has 1 N–H and O–H groups in total. The molecule has 9 heteroatoms. The summed E-state index contributed by atoms with van der Waals surface area (Å²) in [7, 11) is 1.36. The lowest BCUT2D eigenvalue weighted by Crippen LogP contribution is -2.30. The summed E-state index contributed by atoms with van der Waals surface area (Å²) in [5.41, 5.74) is -0.169. The van der Waals surface area contributed by atoms with Crippen molar-refractivity contribution in [1.29, 1.82) is 0 Å². The van der Waals surface area contributed by atoms with Gasteiger partial charge in [-0.15, -0.1) is 0 Å². The van der Waals surface area contributed by atoms with Gasteiger partial charge in [-0.2, -0.15) is 0 Å². The minimum absolute atomic E-state index is 0.127. The number of methoxy groups -OCH3 is 1. The maximum absolute atomic E-state index is 13.9. The van der Waals surface area contributed by atoms with E-state index in [1.165, 1.54) is 50.4 Å². The highest BCUT2D eigenvalue weighted by Gasteiger charge is 2.21. The molecule has 26 heavy (non-hydrogen) atoms. The first-order chi connectivity index (χ1) is 12.3. The molecular formula is C17H15FN2O6. The second-order valence-electron chi connectivity index (χ2n) is 5.19. The molecule has 0 heterocycles. The zero-order chi connectivity index (χ0) is 19.3. The lowest BCUT2D eigenvalue weighted by Gasteiger charge is -2.14. The van der Waals surface area contributed by atoms with Gasteiger partial charge < -0.3 is 14.8 Å². The van der Waals surface area contributed by atoms with Crippen LogP contribution in [0.1, 0.15) is 17.3 Å². The van der Waals surface area contributed by atoms with Gasteiger partial charge in [0, 0.05) is 23.9 Å². The average Bonchev–Trinajstić information content (AvgIpc) is 2.61. The van der Waals surface area contributed by atoms with Gasteiger partial charge in [0.25, 0.3) is 11.6 Å². The van der Waals surface area contributed by atoms with Crippen LogP contribution in [-0.2, 0) is 9.53 Å². The minimum Gasteiger partial charge on any atom is -0.497 e. The summed E-state index contributed by atoms with van der Waals surface area (Å²) < 4.78 is 23.6. The number of nitro groups is 1. The quantitative estimate of drug-likeness (QED) is 0.481. The van der Waals surface area contributed by atoms with E-state index in [0.29, 0.717) is 5.69 Å². The number of esters is 1. The third-order valence-corrected chi connectivity index (χ3v) is 3.39. The van der Waals surface area contributed by atoms with E-state index >= 15 is 0 Å². The molecular weight excluding hydrogens is 347 g/mol. The highest BCUT2D eigenvalue weighted by molar-refractivity contribution is 5.97. The Morgan fingerprint density at radius 2 is 1.85 bits per heavy atom. The number of nitro benzene ring substituents is 1. The maximum Gasteiger partial charge on any atom is 0.341 e. The number of carbonyl (C=O) groups is 2. The summed E-state index contributed by atoms with van der Waals surface area (Å²) in [6, 6.07) is 8.73. The molecule has 1 atom stereocenters. The van der Waals surface area contributed by atoms with Gasteiger partial charge in [-0.3, -0.25) is 14.9 Å². The molecule has 2 aromatic rings. The van der Waals surface area contributed by atoms with Crippen LogP contribution >= 0.6 is 0 Å². The van der Waals surface area contributed by atoms with Crippen molar-refractivity contribution in [2.45, 2.75) is 13.0 Å². The normalized spacial score (nSPS) is 11.3. The van der Waals surface area contributed by atoms with Crippen molar-refractivity contribution >= 4 is 23.3 Å². The highest BCUT2D eigenvalue weighted by Crippen LogP contribution is 2.18. The topological polar surface area (TPSA) is 108 Å². The van der Waals surface area contributed by atoms with Gasteiger partial charge >= 0.3 is 5.97 Å². The van der Waals surface area contributed by atoms with Crippen molar-refractivity contribution in [2.24, 2.45) is 0 Å². The summed E-state index contributed by atoms with van der Waals surface area (Å²) in [6.45, 7) is 1.32. The van der Waals surface area contributed by atoms with Crippen molar-refractivity contribution in [3.8, 4) is 5.75 Å². The number of nitrogens with one attached hydrogen (secondary N) is 1. The van der Waals surface area contributed by atoms with Crippen LogP contribution in [0.5, 0.6) is 5.75 Å². The highest BCUT2D eigenvalue weighted by atomic mass is 19.1. The summed E-state index contributed by atoms with van der Waals surface area (Å²) in [5, 5.41) is 13.0. The average molecular weight is 362 g/mol. The molecule has 0 radical (unpaired) electrons. The number of amides is 1. The van der Waals surface area contributed by atoms with Gasteiger partial charge in [0.2, 0.25) is 0 Å². The van der Waals surface area contributed by atoms with E-state index < -0.39 is 28.7 Å². The Morgan fingerprint density at radius 1 is 1.19 bits per heavy atom. The maximum atomic E-state index is 13.9. The Balaban J connectivity index is 1.99. The third-order valence-electron chi connectivity index (χ3n) is 3.39. The fourth-order valence-corrected chi connectivity index (χ4v) is 1.98. The lowest BCUT2D eigenvalue weighted by molar-refractivity contribution is -0.384. The zero-order valence-corrected chi connectivity index (χ0v) is 13.9. The summed E-state index contributed by atoms with van der Waals surface area (Å²) in [6.07, 6.45) is -1.21. The number of anilines is 1. The molecule has 0 saturated heterocycles. The van der Waals surface area contributed by atoms with Gasteiger partial charge in [-0.1, -0.05) is 0 Å². The number of halogens is 1. The predicted molar refractivity (Wildman–Crippen MR) is 89.6 cm³/mol. The van der Waals surface area contributed by atoms with E-state index in [-0.39, 0.29) is 17.0 Å². The SMILES string of the molecule is COc1ccc(C(=O)OC(C)C(=O)Nc2ccc([N+](=O)[O-])cc2)c(F)c1. The van der Waals surface area contributed by atoms with E-state index in [4.69, 9.17) is 9.47 Å². The van der Waals surface area contributed by atoms with Crippen molar-refractivity contribution in [3.05, 3.63) is 64.0 Å². The van der Waals surface area contributed by atoms with Crippen molar-refractivity contribution in [2.75, 3.05) is 12.4 Å². The zero-order valence-electron chi connectivity index (χ0n) is 13.9. The Labute approximate surface area is 147 Å². The van der Waals surface area contributed by atoms with Gasteiger partial charge in [0.15, 0.2) is 6.10 Å². The smallest absolute Gasteiger partial charge is 0.341 e. The van der Waals surface area contributed by atoms with E-state index in [1.807, 2.05) is 0 Å². The van der Waals surface area contributed by atoms with Crippen LogP contribution in [0.3, 0.4) is 0 Å². The Morgan fingerprint density at radius 3 is 2.38 bits per heavy atom. The van der Waals surface area contributed by atoms with E-state index in [0.717, 1.165) is 6.07 Å². The fourth-order valence-electron chi connectivity index (χ4n) is 1.98. The van der Waals surface area contributed by atoms with E-state index in [1.54, 1.807) is 0 Å². The van der Waals surface area contributed by atoms with E-state index in [9.17, 15) is 24.1 Å². The van der Waals surface area contributed by atoms with Crippen LogP contribution in [0, 0.1) is 15.9 Å². The molecule has 0 aromatic heterocycles. The molecule has 2 aromatic carbocycles. The number of rotatable bonds is 6. The van der Waals surface area contributed by atoms with Crippen molar-refractivity contribution in [1.82, 2.24) is 0 Å². The molecule has 2 rings (SSSR count). The van der Waals surface area contributed by atoms with E-state index in [2.05, 4.69) is 5.32 Å². The van der Waals surface area contributed by atoms with Gasteiger partial charge in [-0.25, -0.2) is 9.18 Å². The minimum atomic E-state index is -1.21. The fraction of sp³-hybridized carbons (Fsp3) is 0.176. The first-order valence-electron chi connectivity index (χ1n) is 7.41. The molecule has 0 aliphatic carbocycles. The Bertz CT molecular complexity index is 838. The summed E-state index contributed by atoms with van der Waals surface area (Å²) in [4.78, 5) is 34.1. The number of hydrogen-bond acceptors (Lipinski definition) is 6. The second kappa shape index (κ2) is 8.06. The molecule has 0 saturated carbocycles. The molecule has 0 fully saturated rings. The van der Waals surface area contributed by atoms with Gasteiger partial charge in [0.05, 0.1) is 17.6 Å². The van der Waals surface area contributed by atoms with Crippen LogP contribution in [0.2, 0.25) is 0 Å². The number of non-ortho nitro benzene ring substituents is 1. The molecule has 0 aliphatic heterocycles. The Kier molecular flexibility index (Phi) is 5.84. The van der Waals surface area contributed by atoms with Gasteiger partial charge in [-0.05, 0) is 31.2 Å². The molecule has 0 bridgehead atoms. The molecule has 0 spiro atoms. The summed E-state index contributed by atoms with van der Waals surface area (Å²) in [5.74, 6) is -2.27. The van der Waals surface area contributed by atoms with Crippen LogP contribution in [0.25, 0.3) is 0 Å². The standard InChI is InChI=1S/C17H15FN2O6/c1-10(16(21)19-11-3-5-12(6-4-11)20(23)24)26-17(22)14-8-7-13(25-2)9-15(14)18/h3-10H,1-2H3,(H,19,21). The monoisotopic (exact) mass is 362 g/mol.